The third kappa shape index (κ3) is 4.49. The first-order chi connectivity index (χ1) is 13.3. The van der Waals surface area contributed by atoms with Crippen molar-refractivity contribution in [2.45, 2.75) is 6.42 Å². The lowest BCUT2D eigenvalue weighted by Crippen LogP contribution is -2.32. The van der Waals surface area contributed by atoms with E-state index < -0.39 is 30.3 Å². The molecule has 0 saturated heterocycles. The van der Waals surface area contributed by atoms with Crippen LogP contribution in [0, 0.1) is 0 Å². The van der Waals surface area contributed by atoms with Crippen LogP contribution in [0.25, 0.3) is 0 Å². The average Bonchev–Trinajstić information content (AvgIpc) is 2.88. The Kier molecular flexibility index (Phi) is 5.96. The van der Waals surface area contributed by atoms with E-state index in [4.69, 9.17) is 27.9 Å². The predicted molar refractivity (Wildman–Crippen MR) is 102 cm³/mol. The summed E-state index contributed by atoms with van der Waals surface area (Å²) in [4.78, 5) is 49.1. The molecule has 1 heterocycles. The van der Waals surface area contributed by atoms with E-state index in [0.717, 1.165) is 4.90 Å². The van der Waals surface area contributed by atoms with Crippen LogP contribution < -0.4 is 5.32 Å². The highest BCUT2D eigenvalue weighted by molar-refractivity contribution is 6.35. The van der Waals surface area contributed by atoms with E-state index in [1.807, 2.05) is 0 Å². The van der Waals surface area contributed by atoms with Crippen molar-refractivity contribution < 1.29 is 23.9 Å². The number of anilines is 1. The number of hydrogen-bond donors (Lipinski definition) is 1. The lowest BCUT2D eigenvalue weighted by molar-refractivity contribution is -0.147. The van der Waals surface area contributed by atoms with Gasteiger partial charge in [-0.25, -0.2) is 0 Å². The summed E-state index contributed by atoms with van der Waals surface area (Å²) in [7, 11) is 0. The Bertz CT molecular complexity index is 921. The topological polar surface area (TPSA) is 92.8 Å². The van der Waals surface area contributed by atoms with Gasteiger partial charge < -0.3 is 10.1 Å². The summed E-state index contributed by atoms with van der Waals surface area (Å²) in [6, 6.07) is 10.9. The Morgan fingerprint density at radius 3 is 2.11 bits per heavy atom. The first-order valence-corrected chi connectivity index (χ1v) is 8.97. The summed E-state index contributed by atoms with van der Waals surface area (Å²) in [5.74, 6) is -2.20. The van der Waals surface area contributed by atoms with Crippen molar-refractivity contribution in [3.05, 3.63) is 63.6 Å². The average molecular weight is 421 g/mol. The van der Waals surface area contributed by atoms with Crippen LogP contribution in [0.1, 0.15) is 27.1 Å². The van der Waals surface area contributed by atoms with Crippen molar-refractivity contribution in [2.75, 3.05) is 18.5 Å². The molecule has 1 N–H and O–H groups in total. The van der Waals surface area contributed by atoms with Gasteiger partial charge in [-0.3, -0.25) is 24.1 Å². The van der Waals surface area contributed by atoms with Gasteiger partial charge in [-0.1, -0.05) is 35.3 Å². The number of esters is 1. The molecular weight excluding hydrogens is 407 g/mol. The van der Waals surface area contributed by atoms with Crippen LogP contribution in [-0.4, -0.2) is 41.7 Å². The van der Waals surface area contributed by atoms with Crippen LogP contribution in [0.5, 0.6) is 0 Å². The molecule has 2 aromatic carbocycles. The van der Waals surface area contributed by atoms with Gasteiger partial charge in [0.1, 0.15) is 0 Å². The van der Waals surface area contributed by atoms with Crippen LogP contribution in [0.15, 0.2) is 42.5 Å². The number of imide groups is 1. The van der Waals surface area contributed by atoms with Gasteiger partial charge >= 0.3 is 5.97 Å². The Morgan fingerprint density at radius 1 is 0.964 bits per heavy atom. The molecule has 3 amide bonds. The maximum atomic E-state index is 12.2. The van der Waals surface area contributed by atoms with Gasteiger partial charge in [-0.2, -0.15) is 0 Å². The highest BCUT2D eigenvalue weighted by atomic mass is 35.5. The zero-order valence-electron chi connectivity index (χ0n) is 14.4. The number of nitrogens with zero attached hydrogens (tertiary/aromatic N) is 1. The molecule has 9 heteroatoms. The number of nitrogens with one attached hydrogen (secondary N) is 1. The third-order valence-corrected chi connectivity index (χ3v) is 4.36. The molecule has 0 unspecified atom stereocenters. The molecule has 1 aliphatic heterocycles. The summed E-state index contributed by atoms with van der Waals surface area (Å²) in [5.41, 5.74) is 0.977. The van der Waals surface area contributed by atoms with Crippen molar-refractivity contribution in [1.82, 2.24) is 4.90 Å². The number of hydrogen-bond acceptors (Lipinski definition) is 5. The minimum Gasteiger partial charge on any atom is -0.456 e. The predicted octanol–water partition coefficient (Wildman–Crippen LogP) is 3.16. The fourth-order valence-corrected chi connectivity index (χ4v) is 3.21. The van der Waals surface area contributed by atoms with E-state index in [-0.39, 0.29) is 13.0 Å². The molecule has 0 spiro atoms. The molecule has 0 aliphatic carbocycles. The summed E-state index contributed by atoms with van der Waals surface area (Å²) in [6.07, 6.45) is -0.220. The summed E-state index contributed by atoms with van der Waals surface area (Å²) < 4.78 is 4.88. The number of fused-ring (bicyclic) bond motifs is 1. The molecule has 0 radical (unpaired) electrons. The van der Waals surface area contributed by atoms with Crippen LogP contribution in [0.3, 0.4) is 0 Å². The largest absolute Gasteiger partial charge is 0.456 e. The van der Waals surface area contributed by atoms with Gasteiger partial charge in [-0.15, -0.1) is 0 Å². The van der Waals surface area contributed by atoms with Gasteiger partial charge in [0, 0.05) is 22.3 Å². The van der Waals surface area contributed by atoms with Crippen molar-refractivity contribution in [3.8, 4) is 0 Å². The maximum absolute atomic E-state index is 12.2. The smallest absolute Gasteiger partial charge is 0.308 e. The number of rotatable bonds is 6. The number of amides is 3. The minimum absolute atomic E-state index is 0.128. The van der Waals surface area contributed by atoms with Crippen LogP contribution >= 0.6 is 23.2 Å². The van der Waals surface area contributed by atoms with E-state index >= 15 is 0 Å². The minimum atomic E-state index is -0.712. The van der Waals surface area contributed by atoms with Crippen LogP contribution in [0.2, 0.25) is 10.0 Å². The number of halogens is 2. The molecule has 0 bridgehead atoms. The summed E-state index contributed by atoms with van der Waals surface area (Å²) >= 11 is 11.7. The standard InChI is InChI=1S/C19H14Cl2N2O5/c20-11-7-12(21)9-13(8-11)22-16(24)10-28-17(25)5-6-23-18(26)14-3-1-2-4-15(14)19(23)27/h1-4,7-9H,5-6,10H2,(H,22,24). The highest BCUT2D eigenvalue weighted by Gasteiger charge is 2.35. The van der Waals surface area contributed by atoms with Crippen molar-refractivity contribution in [2.24, 2.45) is 0 Å². The SMILES string of the molecule is O=C(COC(=O)CCN1C(=O)c2ccccc2C1=O)Nc1cc(Cl)cc(Cl)c1. The molecule has 7 nitrogen and oxygen atoms in total. The molecular formula is C19H14Cl2N2O5. The van der Waals surface area contributed by atoms with E-state index in [2.05, 4.69) is 5.32 Å². The monoisotopic (exact) mass is 420 g/mol. The second kappa shape index (κ2) is 8.41. The van der Waals surface area contributed by atoms with Gasteiger partial charge in [0.05, 0.1) is 17.5 Å². The molecule has 0 atom stereocenters. The first-order valence-electron chi connectivity index (χ1n) is 8.22. The Morgan fingerprint density at radius 2 is 1.54 bits per heavy atom. The van der Waals surface area contributed by atoms with Crippen LogP contribution in [-0.2, 0) is 14.3 Å². The van der Waals surface area contributed by atoms with E-state index in [1.165, 1.54) is 18.2 Å². The fourth-order valence-electron chi connectivity index (χ4n) is 2.69. The second-order valence-electron chi connectivity index (χ2n) is 5.92. The zero-order chi connectivity index (χ0) is 20.3. The summed E-state index contributed by atoms with van der Waals surface area (Å²) in [5, 5.41) is 3.19. The van der Waals surface area contributed by atoms with E-state index in [9.17, 15) is 19.2 Å². The summed E-state index contributed by atoms with van der Waals surface area (Å²) in [6.45, 7) is -0.651. The van der Waals surface area contributed by atoms with Gasteiger partial charge in [0.2, 0.25) is 0 Å². The Labute approximate surface area is 170 Å². The first kappa shape index (κ1) is 19.9. The molecule has 0 aromatic heterocycles. The van der Waals surface area contributed by atoms with Gasteiger partial charge in [0.25, 0.3) is 17.7 Å². The Hall–Kier alpha value is -2.90. The fraction of sp³-hybridized carbons (Fsp3) is 0.158. The number of ether oxygens (including phenoxy) is 1. The number of benzene rings is 2. The maximum Gasteiger partial charge on any atom is 0.308 e. The molecule has 3 rings (SSSR count). The molecule has 1 aliphatic rings. The lowest BCUT2D eigenvalue weighted by Gasteiger charge is -2.13. The van der Waals surface area contributed by atoms with Gasteiger partial charge in [0.15, 0.2) is 6.61 Å². The van der Waals surface area contributed by atoms with Gasteiger partial charge in [-0.05, 0) is 30.3 Å². The normalized spacial score (nSPS) is 12.7. The molecule has 144 valence electrons. The highest BCUT2D eigenvalue weighted by Crippen LogP contribution is 2.23. The Balaban J connectivity index is 1.47. The van der Waals surface area contributed by atoms with E-state index in [0.29, 0.717) is 26.9 Å². The molecule has 0 saturated carbocycles. The lowest BCUT2D eigenvalue weighted by atomic mass is 10.1. The molecule has 28 heavy (non-hydrogen) atoms. The second-order valence-corrected chi connectivity index (χ2v) is 6.80. The molecule has 0 fully saturated rings. The van der Waals surface area contributed by atoms with Crippen molar-refractivity contribution in [1.29, 1.82) is 0 Å². The quantitative estimate of drug-likeness (QED) is 0.572. The van der Waals surface area contributed by atoms with Crippen molar-refractivity contribution in [3.63, 3.8) is 0 Å². The van der Waals surface area contributed by atoms with E-state index in [1.54, 1.807) is 24.3 Å². The molecule has 2 aromatic rings. The van der Waals surface area contributed by atoms with Crippen LogP contribution in [0.4, 0.5) is 5.69 Å². The number of carbonyl (C=O) groups is 4. The zero-order valence-corrected chi connectivity index (χ0v) is 15.9. The third-order valence-electron chi connectivity index (χ3n) is 3.93. The number of carbonyl (C=O) groups excluding carboxylic acids is 4. The van der Waals surface area contributed by atoms with Crippen molar-refractivity contribution >= 4 is 52.6 Å².